The molecule has 6 rings (SSSR count). The Morgan fingerprint density at radius 1 is 0.778 bits per heavy atom. The minimum atomic E-state index is -0.906. The second-order valence-electron chi connectivity index (χ2n) is 9.06. The fourth-order valence-electron chi connectivity index (χ4n) is 5.78. The molecule has 2 fully saturated rings. The van der Waals surface area contributed by atoms with E-state index in [0.29, 0.717) is 5.56 Å². The maximum absolute atomic E-state index is 14.0. The number of hydrogen-bond acceptors (Lipinski definition) is 6. The molecular weight excluding hydrogens is 456 g/mol. The number of para-hydroxylation sites is 2. The molecule has 0 N–H and O–H groups in total. The lowest BCUT2D eigenvalue weighted by atomic mass is 9.86. The van der Waals surface area contributed by atoms with Crippen molar-refractivity contribution in [3.63, 3.8) is 0 Å². The van der Waals surface area contributed by atoms with Gasteiger partial charge in [-0.1, -0.05) is 72.8 Å². The number of carbonyl (C=O) groups excluding carboxylic acids is 4. The number of ketones is 1. The molecular formula is C29H22N2O5. The van der Waals surface area contributed by atoms with Crippen molar-refractivity contribution < 1.29 is 23.9 Å². The zero-order valence-corrected chi connectivity index (χ0v) is 19.4. The monoisotopic (exact) mass is 478 g/mol. The van der Waals surface area contributed by atoms with E-state index in [0.717, 1.165) is 16.2 Å². The first kappa shape index (κ1) is 22.0. The molecule has 3 aromatic rings. The van der Waals surface area contributed by atoms with Gasteiger partial charge in [0.15, 0.2) is 5.78 Å². The van der Waals surface area contributed by atoms with Crippen LogP contribution in [0.25, 0.3) is 6.08 Å². The van der Waals surface area contributed by atoms with Crippen LogP contribution in [0.5, 0.6) is 0 Å². The summed E-state index contributed by atoms with van der Waals surface area (Å²) >= 11 is 0. The minimum Gasteiger partial charge on any atom is -0.465 e. The lowest BCUT2D eigenvalue weighted by Gasteiger charge is -2.36. The van der Waals surface area contributed by atoms with Gasteiger partial charge in [-0.3, -0.25) is 14.4 Å². The predicted octanol–water partition coefficient (Wildman–Crippen LogP) is 3.75. The standard InChI is InChI=1S/C29H22N2O5/c1-36-29(35)19-12-6-8-14-21(19)31-27(33)23-22-16-15-17-9-5-7-13-20(17)30(22)25(24(23)28(31)34)26(32)18-10-3-2-4-11-18/h2-16,22-25H,1H3/t22-,23-,24-,25+/m0/s1. The summed E-state index contributed by atoms with van der Waals surface area (Å²) in [6.07, 6.45) is 3.84. The molecule has 3 aliphatic rings. The van der Waals surface area contributed by atoms with Crippen LogP contribution in [0.15, 0.2) is 84.9 Å². The lowest BCUT2D eigenvalue weighted by Crippen LogP contribution is -2.49. The van der Waals surface area contributed by atoms with E-state index in [2.05, 4.69) is 0 Å². The molecule has 7 nitrogen and oxygen atoms in total. The van der Waals surface area contributed by atoms with E-state index in [-0.39, 0.29) is 17.0 Å². The number of benzene rings is 3. The smallest absolute Gasteiger partial charge is 0.339 e. The summed E-state index contributed by atoms with van der Waals surface area (Å²) in [6.45, 7) is 0. The molecule has 0 aromatic heterocycles. The fraction of sp³-hybridized carbons (Fsp3) is 0.172. The van der Waals surface area contributed by atoms with Crippen molar-refractivity contribution >= 4 is 41.0 Å². The second-order valence-corrected chi connectivity index (χ2v) is 9.06. The van der Waals surface area contributed by atoms with Gasteiger partial charge in [-0.25, -0.2) is 9.69 Å². The molecule has 2 amide bonds. The first-order valence-electron chi connectivity index (χ1n) is 11.7. The van der Waals surface area contributed by atoms with Gasteiger partial charge in [0.25, 0.3) is 0 Å². The highest BCUT2D eigenvalue weighted by atomic mass is 16.5. The fourth-order valence-corrected chi connectivity index (χ4v) is 5.78. The van der Waals surface area contributed by atoms with Crippen LogP contribution < -0.4 is 9.80 Å². The van der Waals surface area contributed by atoms with Crippen LogP contribution in [-0.2, 0) is 14.3 Å². The number of methoxy groups -OCH3 is 1. The van der Waals surface area contributed by atoms with Crippen molar-refractivity contribution in [2.75, 3.05) is 16.9 Å². The molecule has 178 valence electrons. The van der Waals surface area contributed by atoms with E-state index in [9.17, 15) is 19.2 Å². The Morgan fingerprint density at radius 3 is 2.17 bits per heavy atom. The predicted molar refractivity (Wildman–Crippen MR) is 134 cm³/mol. The Labute approximate surface area is 207 Å². The lowest BCUT2D eigenvalue weighted by molar-refractivity contribution is -0.122. The minimum absolute atomic E-state index is 0.119. The van der Waals surface area contributed by atoms with Crippen molar-refractivity contribution in [1.29, 1.82) is 0 Å². The molecule has 0 aliphatic carbocycles. The van der Waals surface area contributed by atoms with Crippen LogP contribution in [-0.4, -0.2) is 42.8 Å². The van der Waals surface area contributed by atoms with E-state index in [1.807, 2.05) is 47.4 Å². The van der Waals surface area contributed by atoms with Gasteiger partial charge in [0.1, 0.15) is 6.04 Å². The molecule has 0 bridgehead atoms. The summed E-state index contributed by atoms with van der Waals surface area (Å²) in [6, 6.07) is 21.5. The third-order valence-electron chi connectivity index (χ3n) is 7.29. The molecule has 7 heteroatoms. The van der Waals surface area contributed by atoms with Crippen molar-refractivity contribution in [2.24, 2.45) is 11.8 Å². The summed E-state index contributed by atoms with van der Waals surface area (Å²) < 4.78 is 4.88. The number of Topliss-reactive ketones (excluding diaryl/α,β-unsaturated/α-hetero) is 1. The number of rotatable bonds is 4. The molecule has 2 saturated heterocycles. The van der Waals surface area contributed by atoms with Crippen LogP contribution >= 0.6 is 0 Å². The molecule has 0 spiro atoms. The average Bonchev–Trinajstić information content (AvgIpc) is 3.40. The molecule has 4 atom stereocenters. The summed E-state index contributed by atoms with van der Waals surface area (Å²) in [5.74, 6) is -3.46. The van der Waals surface area contributed by atoms with Gasteiger partial charge >= 0.3 is 5.97 Å². The van der Waals surface area contributed by atoms with E-state index in [1.165, 1.54) is 13.2 Å². The van der Waals surface area contributed by atoms with Crippen LogP contribution in [0.4, 0.5) is 11.4 Å². The highest BCUT2D eigenvalue weighted by Crippen LogP contribution is 2.50. The SMILES string of the molecule is COC(=O)c1ccccc1N1C(=O)[C@@H]2[C@H](C1=O)[C@H](C(=O)c1ccccc1)N1c3ccccc3C=C[C@@H]21. The number of amides is 2. The zero-order chi connectivity index (χ0) is 25.0. The first-order valence-corrected chi connectivity index (χ1v) is 11.7. The number of anilines is 2. The number of imide groups is 1. The van der Waals surface area contributed by atoms with Gasteiger partial charge in [0.2, 0.25) is 11.8 Å². The summed E-state index contributed by atoms with van der Waals surface area (Å²) in [4.78, 5) is 57.3. The first-order chi connectivity index (χ1) is 17.5. The van der Waals surface area contributed by atoms with E-state index in [1.54, 1.807) is 42.5 Å². The Bertz CT molecular complexity index is 1450. The van der Waals surface area contributed by atoms with Gasteiger partial charge in [0.05, 0.1) is 36.2 Å². The molecule has 36 heavy (non-hydrogen) atoms. The van der Waals surface area contributed by atoms with E-state index in [4.69, 9.17) is 4.74 Å². The molecule has 3 aromatic carbocycles. The summed E-state index contributed by atoms with van der Waals surface area (Å²) in [5, 5.41) is 0. The zero-order valence-electron chi connectivity index (χ0n) is 19.4. The van der Waals surface area contributed by atoms with E-state index < -0.39 is 41.7 Å². The Morgan fingerprint density at radius 2 is 1.42 bits per heavy atom. The van der Waals surface area contributed by atoms with Crippen LogP contribution in [0.1, 0.15) is 26.3 Å². The van der Waals surface area contributed by atoms with Gasteiger partial charge < -0.3 is 9.64 Å². The van der Waals surface area contributed by atoms with Gasteiger partial charge in [-0.2, -0.15) is 0 Å². The molecule has 3 aliphatic heterocycles. The number of hydrogen-bond donors (Lipinski definition) is 0. The normalized spacial score (nSPS) is 23.8. The number of carbonyl (C=O) groups is 4. The Hall–Kier alpha value is -4.52. The van der Waals surface area contributed by atoms with Gasteiger partial charge in [0, 0.05) is 11.3 Å². The van der Waals surface area contributed by atoms with Gasteiger partial charge in [-0.15, -0.1) is 0 Å². The Kier molecular flexibility index (Phi) is 5.07. The topological polar surface area (TPSA) is 84.0 Å². The van der Waals surface area contributed by atoms with Crippen molar-refractivity contribution in [2.45, 2.75) is 12.1 Å². The average molecular weight is 479 g/mol. The molecule has 3 heterocycles. The van der Waals surface area contributed by atoms with Crippen molar-refractivity contribution in [3.05, 3.63) is 102 Å². The maximum Gasteiger partial charge on any atom is 0.339 e. The highest BCUT2D eigenvalue weighted by Gasteiger charge is 2.64. The molecule has 0 radical (unpaired) electrons. The van der Waals surface area contributed by atoms with Gasteiger partial charge in [-0.05, 0) is 23.8 Å². The summed E-state index contributed by atoms with van der Waals surface area (Å²) in [7, 11) is 1.25. The third-order valence-corrected chi connectivity index (χ3v) is 7.29. The molecule has 0 saturated carbocycles. The van der Waals surface area contributed by atoms with Crippen LogP contribution in [0.3, 0.4) is 0 Å². The number of ether oxygens (including phenoxy) is 1. The quantitative estimate of drug-likeness (QED) is 0.323. The number of fused-ring (bicyclic) bond motifs is 5. The summed E-state index contributed by atoms with van der Waals surface area (Å²) in [5.41, 5.74) is 2.51. The highest BCUT2D eigenvalue weighted by molar-refractivity contribution is 6.27. The maximum atomic E-state index is 14.0. The van der Waals surface area contributed by atoms with Crippen molar-refractivity contribution in [1.82, 2.24) is 0 Å². The van der Waals surface area contributed by atoms with Crippen molar-refractivity contribution in [3.8, 4) is 0 Å². The van der Waals surface area contributed by atoms with Crippen LogP contribution in [0.2, 0.25) is 0 Å². The van der Waals surface area contributed by atoms with Crippen LogP contribution in [0, 0.1) is 11.8 Å². The number of esters is 1. The third kappa shape index (κ3) is 3.05. The number of nitrogens with zero attached hydrogens (tertiary/aromatic N) is 2. The Balaban J connectivity index is 1.50. The second kappa shape index (κ2) is 8.30. The largest absolute Gasteiger partial charge is 0.465 e. The van der Waals surface area contributed by atoms with E-state index >= 15 is 0 Å². The molecule has 0 unspecified atom stereocenters.